The normalized spacial score (nSPS) is 13.0. The van der Waals surface area contributed by atoms with Crippen LogP contribution >= 0.6 is 0 Å². The van der Waals surface area contributed by atoms with Crippen LogP contribution in [0.1, 0.15) is 22.5 Å². The number of nitrogens with zero attached hydrogens (tertiary/aromatic N) is 2. The summed E-state index contributed by atoms with van der Waals surface area (Å²) in [5, 5.41) is 5.93. The van der Waals surface area contributed by atoms with E-state index in [1.807, 2.05) is 30.3 Å². The summed E-state index contributed by atoms with van der Waals surface area (Å²) in [7, 11) is 1.35. The first-order chi connectivity index (χ1) is 11.7. The van der Waals surface area contributed by atoms with Crippen molar-refractivity contribution >= 4 is 17.7 Å². The topological polar surface area (TPSA) is 93.2 Å². The number of anilines is 1. The van der Waals surface area contributed by atoms with Gasteiger partial charge in [0.1, 0.15) is 11.5 Å². The number of hydrogen-bond acceptors (Lipinski definition) is 6. The Morgan fingerprint density at radius 1 is 1.29 bits per heavy atom. The van der Waals surface area contributed by atoms with Gasteiger partial charge in [0.15, 0.2) is 5.82 Å². The number of rotatable bonds is 5. The molecule has 2 aromatic rings. The van der Waals surface area contributed by atoms with Crippen LogP contribution in [0.3, 0.4) is 0 Å². The highest BCUT2D eigenvalue weighted by Gasteiger charge is 2.24. The van der Waals surface area contributed by atoms with Gasteiger partial charge in [0.05, 0.1) is 13.5 Å². The highest BCUT2D eigenvalue weighted by molar-refractivity contribution is 5.96. The van der Waals surface area contributed by atoms with Crippen molar-refractivity contribution in [2.45, 2.75) is 12.8 Å². The number of methoxy groups -OCH3 is 1. The minimum atomic E-state index is -0.300. The molecule has 2 heterocycles. The fourth-order valence-corrected chi connectivity index (χ4v) is 2.54. The Balaban J connectivity index is 1.95. The Bertz CT molecular complexity index is 762. The lowest BCUT2D eigenvalue weighted by atomic mass is 10.1. The van der Waals surface area contributed by atoms with E-state index in [4.69, 9.17) is 0 Å². The molecule has 2 N–H and O–H groups in total. The van der Waals surface area contributed by atoms with Crippen molar-refractivity contribution in [3.63, 3.8) is 0 Å². The van der Waals surface area contributed by atoms with Gasteiger partial charge in [0.25, 0.3) is 5.91 Å². The van der Waals surface area contributed by atoms with Gasteiger partial charge in [0.2, 0.25) is 0 Å². The lowest BCUT2D eigenvalue weighted by Crippen LogP contribution is -2.34. The molecule has 1 aliphatic rings. The van der Waals surface area contributed by atoms with Crippen molar-refractivity contribution < 1.29 is 14.3 Å². The summed E-state index contributed by atoms with van der Waals surface area (Å²) >= 11 is 0. The number of aromatic nitrogens is 2. The number of ether oxygens (including phenoxy) is 1. The van der Waals surface area contributed by atoms with Crippen molar-refractivity contribution in [2.75, 3.05) is 25.5 Å². The zero-order valence-corrected chi connectivity index (χ0v) is 13.3. The van der Waals surface area contributed by atoms with Crippen LogP contribution in [0.15, 0.2) is 30.3 Å². The summed E-state index contributed by atoms with van der Waals surface area (Å²) in [4.78, 5) is 32.4. The van der Waals surface area contributed by atoms with E-state index in [-0.39, 0.29) is 18.3 Å². The molecule has 7 nitrogen and oxygen atoms in total. The summed E-state index contributed by atoms with van der Waals surface area (Å²) in [6.07, 6.45) is 0.874. The van der Waals surface area contributed by atoms with Crippen molar-refractivity contribution in [1.82, 2.24) is 15.3 Å². The molecular formula is C17H18N4O3. The second-order valence-electron chi connectivity index (χ2n) is 5.35. The lowest BCUT2D eigenvalue weighted by molar-refractivity contribution is -0.140. The summed E-state index contributed by atoms with van der Waals surface area (Å²) in [5.74, 6) is 0.572. The molecule has 0 fully saturated rings. The predicted molar refractivity (Wildman–Crippen MR) is 88.6 cm³/mol. The van der Waals surface area contributed by atoms with E-state index in [2.05, 4.69) is 25.3 Å². The van der Waals surface area contributed by atoms with E-state index < -0.39 is 0 Å². The maximum Gasteiger partial charge on any atom is 0.307 e. The number of esters is 1. The molecule has 0 spiro atoms. The van der Waals surface area contributed by atoms with E-state index in [1.165, 1.54) is 7.11 Å². The van der Waals surface area contributed by atoms with E-state index >= 15 is 0 Å². The van der Waals surface area contributed by atoms with Gasteiger partial charge in [-0.3, -0.25) is 9.59 Å². The molecule has 1 aliphatic heterocycles. The summed E-state index contributed by atoms with van der Waals surface area (Å²) < 4.78 is 4.64. The highest BCUT2D eigenvalue weighted by atomic mass is 16.5. The number of nitrogens with one attached hydrogen (secondary N) is 2. The molecule has 3 rings (SSSR count). The Morgan fingerprint density at radius 3 is 2.83 bits per heavy atom. The SMILES string of the molecule is COC(=O)CCNc1nc(-c2ccccc2)nc2c1CCNC2=O. The van der Waals surface area contributed by atoms with E-state index in [0.717, 1.165) is 11.1 Å². The van der Waals surface area contributed by atoms with Gasteiger partial charge in [0, 0.05) is 24.2 Å². The van der Waals surface area contributed by atoms with Gasteiger partial charge < -0.3 is 15.4 Å². The molecular weight excluding hydrogens is 308 g/mol. The van der Waals surface area contributed by atoms with Gasteiger partial charge in [-0.15, -0.1) is 0 Å². The first-order valence-corrected chi connectivity index (χ1v) is 7.74. The van der Waals surface area contributed by atoms with Crippen molar-refractivity contribution in [1.29, 1.82) is 0 Å². The Kier molecular flexibility index (Phi) is 4.69. The molecule has 0 radical (unpaired) electrons. The number of fused-ring (bicyclic) bond motifs is 1. The maximum atomic E-state index is 12.1. The standard InChI is InChI=1S/C17H18N4O3/c1-24-13(22)8-10-18-16-12-7-9-19-17(23)14(12)20-15(21-16)11-5-3-2-4-6-11/h2-6H,7-10H2,1H3,(H,19,23)(H,18,20,21). The summed E-state index contributed by atoms with van der Waals surface area (Å²) in [5.41, 5.74) is 1.99. The first kappa shape index (κ1) is 15.9. The molecule has 24 heavy (non-hydrogen) atoms. The molecule has 0 saturated carbocycles. The molecule has 124 valence electrons. The Hall–Kier alpha value is -2.96. The zero-order chi connectivity index (χ0) is 16.9. The van der Waals surface area contributed by atoms with Gasteiger partial charge in [-0.2, -0.15) is 0 Å². The fourth-order valence-electron chi connectivity index (χ4n) is 2.54. The number of carbonyl (C=O) groups excluding carboxylic acids is 2. The quantitative estimate of drug-likeness (QED) is 0.807. The van der Waals surface area contributed by atoms with Crippen LogP contribution in [0, 0.1) is 0 Å². The van der Waals surface area contributed by atoms with Crippen LogP contribution in [0.5, 0.6) is 0 Å². The minimum Gasteiger partial charge on any atom is -0.469 e. The fraction of sp³-hybridized carbons (Fsp3) is 0.294. The molecule has 0 atom stereocenters. The van der Waals surface area contributed by atoms with Gasteiger partial charge in [-0.1, -0.05) is 30.3 Å². The average molecular weight is 326 g/mol. The summed E-state index contributed by atoms with van der Waals surface area (Å²) in [6.45, 7) is 0.928. The van der Waals surface area contributed by atoms with E-state index in [0.29, 0.717) is 36.8 Å². The molecule has 1 amide bonds. The molecule has 0 aliphatic carbocycles. The first-order valence-electron chi connectivity index (χ1n) is 7.74. The highest BCUT2D eigenvalue weighted by Crippen LogP contribution is 2.24. The van der Waals surface area contributed by atoms with Crippen LogP contribution in [-0.4, -0.2) is 42.0 Å². The molecule has 1 aromatic carbocycles. The van der Waals surface area contributed by atoms with Crippen LogP contribution in [0.2, 0.25) is 0 Å². The van der Waals surface area contributed by atoms with Crippen LogP contribution in [0.25, 0.3) is 11.4 Å². The van der Waals surface area contributed by atoms with Gasteiger partial charge >= 0.3 is 5.97 Å². The zero-order valence-electron chi connectivity index (χ0n) is 13.3. The molecule has 0 saturated heterocycles. The minimum absolute atomic E-state index is 0.202. The lowest BCUT2D eigenvalue weighted by Gasteiger charge is -2.20. The number of benzene rings is 1. The third kappa shape index (κ3) is 3.34. The van der Waals surface area contributed by atoms with Crippen molar-refractivity contribution in [3.05, 3.63) is 41.6 Å². The molecule has 1 aromatic heterocycles. The molecule has 0 bridgehead atoms. The Morgan fingerprint density at radius 2 is 2.08 bits per heavy atom. The van der Waals surface area contributed by atoms with Crippen molar-refractivity contribution in [2.24, 2.45) is 0 Å². The molecule has 0 unspecified atom stereocenters. The number of amides is 1. The third-order valence-corrected chi connectivity index (χ3v) is 3.76. The Labute approximate surface area is 139 Å². The van der Waals surface area contributed by atoms with Crippen LogP contribution in [-0.2, 0) is 16.0 Å². The van der Waals surface area contributed by atoms with Crippen molar-refractivity contribution in [3.8, 4) is 11.4 Å². The van der Waals surface area contributed by atoms with E-state index in [9.17, 15) is 9.59 Å². The largest absolute Gasteiger partial charge is 0.469 e. The average Bonchev–Trinajstić information content (AvgIpc) is 2.62. The predicted octanol–water partition coefficient (Wildman–Crippen LogP) is 1.40. The monoisotopic (exact) mass is 326 g/mol. The number of hydrogen-bond donors (Lipinski definition) is 2. The smallest absolute Gasteiger partial charge is 0.307 e. The van der Waals surface area contributed by atoms with Crippen LogP contribution < -0.4 is 10.6 Å². The van der Waals surface area contributed by atoms with E-state index in [1.54, 1.807) is 0 Å². The second kappa shape index (κ2) is 7.08. The third-order valence-electron chi connectivity index (χ3n) is 3.76. The van der Waals surface area contributed by atoms with Crippen LogP contribution in [0.4, 0.5) is 5.82 Å². The second-order valence-corrected chi connectivity index (χ2v) is 5.35. The van der Waals surface area contributed by atoms with Gasteiger partial charge in [-0.25, -0.2) is 9.97 Å². The van der Waals surface area contributed by atoms with Gasteiger partial charge in [-0.05, 0) is 6.42 Å². The molecule has 7 heteroatoms. The maximum absolute atomic E-state index is 12.1. The number of carbonyl (C=O) groups is 2. The summed E-state index contributed by atoms with van der Waals surface area (Å²) in [6, 6.07) is 9.47.